The standard InChI is InChI=1S/C18H36N4O2/c1-6-8-9-10-11-14-22(5)18(19-13-12-15-24-7-2)20-16-17(23)21(3)4/h6H,1,7-16H2,2-5H3,(H,19,20). The number of amides is 1. The second kappa shape index (κ2) is 15.0. The van der Waals surface area contributed by atoms with E-state index in [1.165, 1.54) is 12.8 Å². The first-order valence-electron chi connectivity index (χ1n) is 8.91. The highest BCUT2D eigenvalue weighted by Gasteiger charge is 2.08. The van der Waals surface area contributed by atoms with Crippen molar-refractivity contribution in [1.29, 1.82) is 0 Å². The number of carbonyl (C=O) groups excluding carboxylic acids is 1. The number of guanidine groups is 1. The highest BCUT2D eigenvalue weighted by Crippen LogP contribution is 2.02. The molecule has 0 rings (SSSR count). The summed E-state index contributed by atoms with van der Waals surface area (Å²) in [6.07, 6.45) is 7.39. The van der Waals surface area contributed by atoms with Crippen molar-refractivity contribution in [3.63, 3.8) is 0 Å². The topological polar surface area (TPSA) is 57.2 Å². The summed E-state index contributed by atoms with van der Waals surface area (Å²) in [5.74, 6) is 0.786. The fraction of sp³-hybridized carbons (Fsp3) is 0.778. The molecule has 0 spiro atoms. The van der Waals surface area contributed by atoms with E-state index in [0.717, 1.165) is 51.5 Å². The minimum Gasteiger partial charge on any atom is -0.382 e. The van der Waals surface area contributed by atoms with E-state index >= 15 is 0 Å². The number of nitrogens with one attached hydrogen (secondary N) is 1. The Balaban J connectivity index is 4.39. The van der Waals surface area contributed by atoms with Gasteiger partial charge in [0.15, 0.2) is 5.96 Å². The largest absolute Gasteiger partial charge is 0.382 e. The molecule has 0 radical (unpaired) electrons. The Hall–Kier alpha value is -1.56. The van der Waals surface area contributed by atoms with E-state index in [1.54, 1.807) is 19.0 Å². The van der Waals surface area contributed by atoms with Gasteiger partial charge in [-0.05, 0) is 32.6 Å². The summed E-state index contributed by atoms with van der Waals surface area (Å²) in [5, 5.41) is 3.33. The van der Waals surface area contributed by atoms with Gasteiger partial charge in [-0.3, -0.25) is 4.79 Å². The summed E-state index contributed by atoms with van der Waals surface area (Å²) in [6, 6.07) is 0. The van der Waals surface area contributed by atoms with E-state index in [1.807, 2.05) is 20.0 Å². The molecule has 140 valence electrons. The number of hydrogen-bond donors (Lipinski definition) is 1. The second-order valence-corrected chi connectivity index (χ2v) is 5.96. The van der Waals surface area contributed by atoms with Crippen molar-refractivity contribution in [3.05, 3.63) is 12.7 Å². The van der Waals surface area contributed by atoms with Gasteiger partial charge in [0.2, 0.25) is 5.91 Å². The summed E-state index contributed by atoms with van der Waals surface area (Å²) in [7, 11) is 5.51. The predicted molar refractivity (Wildman–Crippen MR) is 101 cm³/mol. The van der Waals surface area contributed by atoms with Crippen LogP contribution in [0.25, 0.3) is 0 Å². The average molecular weight is 341 g/mol. The third kappa shape index (κ3) is 11.9. The van der Waals surface area contributed by atoms with Gasteiger partial charge in [0, 0.05) is 47.4 Å². The zero-order valence-corrected chi connectivity index (χ0v) is 16.0. The fourth-order valence-electron chi connectivity index (χ4n) is 2.03. The Labute approximate surface area is 147 Å². The number of carbonyl (C=O) groups is 1. The van der Waals surface area contributed by atoms with Gasteiger partial charge in [0.1, 0.15) is 6.54 Å². The molecule has 0 saturated carbocycles. The van der Waals surface area contributed by atoms with Gasteiger partial charge in [0.25, 0.3) is 0 Å². The van der Waals surface area contributed by atoms with Crippen LogP contribution in [0.15, 0.2) is 17.6 Å². The van der Waals surface area contributed by atoms with Crippen LogP contribution in [0.4, 0.5) is 0 Å². The lowest BCUT2D eigenvalue weighted by Crippen LogP contribution is -2.41. The molecular weight excluding hydrogens is 304 g/mol. The number of likely N-dealkylation sites (N-methyl/N-ethyl adjacent to an activating group) is 1. The van der Waals surface area contributed by atoms with Gasteiger partial charge in [0.05, 0.1) is 0 Å². The van der Waals surface area contributed by atoms with Crippen molar-refractivity contribution < 1.29 is 9.53 Å². The summed E-state index contributed by atoms with van der Waals surface area (Å²) >= 11 is 0. The van der Waals surface area contributed by atoms with Crippen LogP contribution in [0.3, 0.4) is 0 Å². The molecule has 0 fully saturated rings. The molecule has 0 aromatic heterocycles. The van der Waals surface area contributed by atoms with Crippen LogP contribution in [-0.2, 0) is 9.53 Å². The SMILES string of the molecule is C=CCCCCCN(C)C(=NCC(=O)N(C)C)NCCCOCC. The number of aliphatic imine (C=N–C) groups is 1. The maximum absolute atomic E-state index is 11.8. The third-order valence-electron chi connectivity index (χ3n) is 3.58. The van der Waals surface area contributed by atoms with E-state index < -0.39 is 0 Å². The monoisotopic (exact) mass is 340 g/mol. The van der Waals surface area contributed by atoms with E-state index in [0.29, 0.717) is 0 Å². The second-order valence-electron chi connectivity index (χ2n) is 5.96. The quantitative estimate of drug-likeness (QED) is 0.241. The first-order chi connectivity index (χ1) is 11.5. The molecule has 1 N–H and O–H groups in total. The lowest BCUT2D eigenvalue weighted by molar-refractivity contribution is -0.127. The first-order valence-corrected chi connectivity index (χ1v) is 8.91. The maximum atomic E-state index is 11.8. The van der Waals surface area contributed by atoms with E-state index in [4.69, 9.17) is 4.74 Å². The molecule has 0 saturated heterocycles. The van der Waals surface area contributed by atoms with Crippen molar-refractivity contribution in [2.45, 2.75) is 39.0 Å². The van der Waals surface area contributed by atoms with E-state index in [2.05, 4.69) is 21.8 Å². The molecule has 0 bridgehead atoms. The number of allylic oxidation sites excluding steroid dienone is 1. The molecule has 0 aromatic rings. The van der Waals surface area contributed by atoms with E-state index in [-0.39, 0.29) is 12.5 Å². The number of nitrogens with zero attached hydrogens (tertiary/aromatic N) is 3. The summed E-state index contributed by atoms with van der Waals surface area (Å²) < 4.78 is 5.35. The van der Waals surface area contributed by atoms with Crippen molar-refractivity contribution in [2.75, 3.05) is 54.0 Å². The molecule has 1 amide bonds. The van der Waals surface area contributed by atoms with Crippen LogP contribution in [-0.4, -0.2) is 75.7 Å². The van der Waals surface area contributed by atoms with E-state index in [9.17, 15) is 4.79 Å². The molecule has 0 aliphatic rings. The summed E-state index contributed by atoms with van der Waals surface area (Å²) in [4.78, 5) is 19.9. The van der Waals surface area contributed by atoms with Crippen LogP contribution in [0, 0.1) is 0 Å². The molecule has 0 aromatic carbocycles. The molecule has 6 heteroatoms. The number of unbranched alkanes of at least 4 members (excludes halogenated alkanes) is 3. The Morgan fingerprint density at radius 1 is 1.21 bits per heavy atom. The number of hydrogen-bond acceptors (Lipinski definition) is 3. The Morgan fingerprint density at radius 3 is 2.58 bits per heavy atom. The highest BCUT2D eigenvalue weighted by molar-refractivity contribution is 5.84. The fourth-order valence-corrected chi connectivity index (χ4v) is 2.03. The molecule has 0 aliphatic carbocycles. The van der Waals surface area contributed by atoms with Gasteiger partial charge in [-0.2, -0.15) is 0 Å². The zero-order valence-electron chi connectivity index (χ0n) is 16.0. The molecule has 24 heavy (non-hydrogen) atoms. The zero-order chi connectivity index (χ0) is 18.2. The van der Waals surface area contributed by atoms with Gasteiger partial charge >= 0.3 is 0 Å². The molecule has 0 heterocycles. The minimum absolute atomic E-state index is 0.00278. The highest BCUT2D eigenvalue weighted by atomic mass is 16.5. The van der Waals surface area contributed by atoms with Crippen LogP contribution in [0.2, 0.25) is 0 Å². The third-order valence-corrected chi connectivity index (χ3v) is 3.58. The Kier molecular flexibility index (Phi) is 14.0. The van der Waals surface area contributed by atoms with Crippen molar-refractivity contribution in [2.24, 2.45) is 4.99 Å². The number of rotatable bonds is 13. The minimum atomic E-state index is 0.00278. The van der Waals surface area contributed by atoms with Gasteiger partial charge in [-0.1, -0.05) is 12.5 Å². The molecular formula is C18H36N4O2. The molecule has 6 nitrogen and oxygen atoms in total. The van der Waals surface area contributed by atoms with Gasteiger partial charge in [-0.25, -0.2) is 4.99 Å². The van der Waals surface area contributed by atoms with Crippen LogP contribution >= 0.6 is 0 Å². The van der Waals surface area contributed by atoms with Gasteiger partial charge in [-0.15, -0.1) is 6.58 Å². The lowest BCUT2D eigenvalue weighted by Gasteiger charge is -2.23. The van der Waals surface area contributed by atoms with Crippen LogP contribution in [0.1, 0.15) is 39.0 Å². The van der Waals surface area contributed by atoms with Crippen LogP contribution < -0.4 is 5.32 Å². The van der Waals surface area contributed by atoms with Crippen LogP contribution in [0.5, 0.6) is 0 Å². The molecule has 0 unspecified atom stereocenters. The normalized spacial score (nSPS) is 11.2. The summed E-state index contributed by atoms with van der Waals surface area (Å²) in [5.41, 5.74) is 0. The average Bonchev–Trinajstić information content (AvgIpc) is 2.56. The smallest absolute Gasteiger partial charge is 0.243 e. The predicted octanol–water partition coefficient (Wildman–Crippen LogP) is 2.12. The Morgan fingerprint density at radius 2 is 1.96 bits per heavy atom. The summed E-state index contributed by atoms with van der Waals surface area (Å²) in [6.45, 7) is 9.09. The van der Waals surface area contributed by atoms with Crippen molar-refractivity contribution >= 4 is 11.9 Å². The van der Waals surface area contributed by atoms with Crippen molar-refractivity contribution in [3.8, 4) is 0 Å². The molecule has 0 atom stereocenters. The van der Waals surface area contributed by atoms with Gasteiger partial charge < -0.3 is 19.9 Å². The van der Waals surface area contributed by atoms with Crippen molar-refractivity contribution in [1.82, 2.24) is 15.1 Å². The maximum Gasteiger partial charge on any atom is 0.243 e. The number of ether oxygens (including phenoxy) is 1. The first kappa shape index (κ1) is 22.4. The molecule has 0 aliphatic heterocycles. The lowest BCUT2D eigenvalue weighted by atomic mass is 10.2. The Bertz CT molecular complexity index is 370.